The van der Waals surface area contributed by atoms with Crippen molar-refractivity contribution < 1.29 is 23.5 Å². The van der Waals surface area contributed by atoms with Crippen LogP contribution in [0.15, 0.2) is 35.0 Å². The molecule has 10 nitrogen and oxygen atoms in total. The highest BCUT2D eigenvalue weighted by molar-refractivity contribution is 6.30. The fourth-order valence-corrected chi connectivity index (χ4v) is 4.38. The molecule has 1 aliphatic rings. The molecule has 0 atom stereocenters. The van der Waals surface area contributed by atoms with Gasteiger partial charge in [0.2, 0.25) is 23.5 Å². The van der Waals surface area contributed by atoms with Crippen LogP contribution in [0.4, 0.5) is 11.5 Å². The van der Waals surface area contributed by atoms with Gasteiger partial charge in [-0.05, 0) is 37.8 Å². The summed E-state index contributed by atoms with van der Waals surface area (Å²) in [6.07, 6.45) is 5.28. The summed E-state index contributed by atoms with van der Waals surface area (Å²) in [5.74, 6) is -0.787. The van der Waals surface area contributed by atoms with E-state index in [2.05, 4.69) is 20.6 Å². The SMILES string of the molecule is COc1nccc2oc(C(=O)Nc3ccc(Cl)cn3)c(NC(=O)C3CCC(C(=O)N(C)C)CC3)c12. The number of rotatable bonds is 6. The Labute approximate surface area is 207 Å². The zero-order valence-corrected chi connectivity index (χ0v) is 20.4. The van der Waals surface area contributed by atoms with Crippen LogP contribution in [-0.2, 0) is 9.59 Å². The molecule has 35 heavy (non-hydrogen) atoms. The van der Waals surface area contributed by atoms with E-state index < -0.39 is 5.91 Å². The predicted octanol–water partition coefficient (Wildman–Crippen LogP) is 3.97. The van der Waals surface area contributed by atoms with E-state index in [1.807, 2.05) is 0 Å². The molecule has 0 saturated heterocycles. The van der Waals surface area contributed by atoms with Crippen LogP contribution in [0.3, 0.4) is 0 Å². The molecule has 11 heteroatoms. The lowest BCUT2D eigenvalue weighted by Gasteiger charge is -2.28. The number of carbonyl (C=O) groups excluding carboxylic acids is 3. The first-order valence-electron chi connectivity index (χ1n) is 11.2. The Bertz CT molecular complexity index is 1250. The van der Waals surface area contributed by atoms with Gasteiger partial charge in [-0.3, -0.25) is 14.4 Å². The van der Waals surface area contributed by atoms with Crippen LogP contribution >= 0.6 is 11.6 Å². The van der Waals surface area contributed by atoms with Crippen molar-refractivity contribution in [2.24, 2.45) is 11.8 Å². The van der Waals surface area contributed by atoms with Gasteiger partial charge < -0.3 is 24.7 Å². The van der Waals surface area contributed by atoms with Crippen LogP contribution in [0.1, 0.15) is 36.2 Å². The molecule has 184 valence electrons. The number of furan rings is 1. The number of halogens is 1. The number of nitrogens with zero attached hydrogens (tertiary/aromatic N) is 3. The molecule has 3 heterocycles. The second kappa shape index (κ2) is 10.3. The second-order valence-corrected chi connectivity index (χ2v) is 9.02. The van der Waals surface area contributed by atoms with Crippen LogP contribution in [-0.4, -0.2) is 53.8 Å². The normalized spacial score (nSPS) is 17.6. The number of carbonyl (C=O) groups is 3. The molecule has 3 aromatic rings. The van der Waals surface area contributed by atoms with Gasteiger partial charge in [0.05, 0.1) is 12.1 Å². The highest BCUT2D eigenvalue weighted by Crippen LogP contribution is 2.38. The third-order valence-corrected chi connectivity index (χ3v) is 6.30. The molecule has 0 radical (unpaired) electrons. The van der Waals surface area contributed by atoms with Gasteiger partial charge in [-0.25, -0.2) is 9.97 Å². The van der Waals surface area contributed by atoms with Crippen molar-refractivity contribution in [2.45, 2.75) is 25.7 Å². The molecule has 0 unspecified atom stereocenters. The summed E-state index contributed by atoms with van der Waals surface area (Å²) in [6, 6.07) is 4.73. The highest BCUT2D eigenvalue weighted by Gasteiger charge is 2.33. The van der Waals surface area contributed by atoms with Crippen LogP contribution < -0.4 is 15.4 Å². The van der Waals surface area contributed by atoms with Gasteiger partial charge in [0.1, 0.15) is 22.5 Å². The molecular formula is C24H26ClN5O5. The lowest BCUT2D eigenvalue weighted by atomic mass is 9.81. The number of amides is 3. The van der Waals surface area contributed by atoms with Crippen LogP contribution in [0.5, 0.6) is 5.88 Å². The van der Waals surface area contributed by atoms with E-state index in [4.69, 9.17) is 20.8 Å². The van der Waals surface area contributed by atoms with Crippen molar-refractivity contribution in [3.8, 4) is 5.88 Å². The number of methoxy groups -OCH3 is 1. The minimum absolute atomic E-state index is 0.0789. The Kier molecular flexibility index (Phi) is 7.20. The molecule has 1 aliphatic carbocycles. The summed E-state index contributed by atoms with van der Waals surface area (Å²) < 4.78 is 11.2. The van der Waals surface area contributed by atoms with Crippen LogP contribution in [0.2, 0.25) is 5.02 Å². The topological polar surface area (TPSA) is 127 Å². The summed E-state index contributed by atoms with van der Waals surface area (Å²) in [5.41, 5.74) is 0.509. The van der Waals surface area contributed by atoms with E-state index in [1.165, 1.54) is 19.5 Å². The van der Waals surface area contributed by atoms with Crippen molar-refractivity contribution in [1.29, 1.82) is 0 Å². The zero-order valence-electron chi connectivity index (χ0n) is 19.6. The lowest BCUT2D eigenvalue weighted by molar-refractivity contribution is -0.135. The number of hydrogen-bond acceptors (Lipinski definition) is 7. The minimum atomic E-state index is -0.603. The first-order valence-corrected chi connectivity index (χ1v) is 11.6. The maximum Gasteiger partial charge on any atom is 0.294 e. The fraction of sp³-hybridized carbons (Fsp3) is 0.375. The van der Waals surface area contributed by atoms with Crippen molar-refractivity contribution in [3.63, 3.8) is 0 Å². The molecular weight excluding hydrogens is 474 g/mol. The zero-order chi connectivity index (χ0) is 25.1. The standard InChI is InChI=1S/C24H26ClN5O5/c1-30(2)24(33)14-6-4-13(5-7-14)21(31)29-19-18-16(10-11-26-23(18)34-3)35-20(19)22(32)28-17-9-8-15(25)12-27-17/h8-14H,4-7H2,1-3H3,(H,29,31)(H,27,28,32). The average Bonchev–Trinajstić information content (AvgIpc) is 3.23. The molecule has 0 bridgehead atoms. The maximum atomic E-state index is 13.2. The number of aromatic nitrogens is 2. The molecule has 4 rings (SSSR count). The van der Waals surface area contributed by atoms with E-state index in [9.17, 15) is 14.4 Å². The Morgan fingerprint density at radius 1 is 1.06 bits per heavy atom. The monoisotopic (exact) mass is 499 g/mol. The average molecular weight is 500 g/mol. The van der Waals surface area contributed by atoms with Crippen LogP contribution in [0.25, 0.3) is 11.0 Å². The van der Waals surface area contributed by atoms with Gasteiger partial charge in [0.15, 0.2) is 0 Å². The molecule has 0 spiro atoms. The first kappa shape index (κ1) is 24.5. The summed E-state index contributed by atoms with van der Waals surface area (Å²) in [5, 5.41) is 6.33. The van der Waals surface area contributed by atoms with Crippen molar-refractivity contribution >= 4 is 51.8 Å². The third kappa shape index (κ3) is 5.22. The first-order chi connectivity index (χ1) is 16.8. The molecule has 1 fully saturated rings. The number of fused-ring (bicyclic) bond motifs is 1. The van der Waals surface area contributed by atoms with Gasteiger partial charge in [0, 0.05) is 44.4 Å². The summed E-state index contributed by atoms with van der Waals surface area (Å²) >= 11 is 5.87. The van der Waals surface area contributed by atoms with Gasteiger partial charge in [-0.2, -0.15) is 0 Å². The largest absolute Gasteiger partial charge is 0.480 e. The number of pyridine rings is 2. The number of nitrogens with one attached hydrogen (secondary N) is 2. The molecule has 3 amide bonds. The van der Waals surface area contributed by atoms with E-state index >= 15 is 0 Å². The van der Waals surface area contributed by atoms with E-state index in [0.717, 1.165) is 0 Å². The second-order valence-electron chi connectivity index (χ2n) is 8.59. The predicted molar refractivity (Wildman–Crippen MR) is 131 cm³/mol. The van der Waals surface area contributed by atoms with Gasteiger partial charge in [-0.1, -0.05) is 11.6 Å². The minimum Gasteiger partial charge on any atom is -0.480 e. The molecule has 1 saturated carbocycles. The van der Waals surface area contributed by atoms with Crippen molar-refractivity contribution in [3.05, 3.63) is 41.4 Å². The smallest absolute Gasteiger partial charge is 0.294 e. The lowest BCUT2D eigenvalue weighted by Crippen LogP contribution is -2.35. The number of hydrogen-bond donors (Lipinski definition) is 2. The Hall–Kier alpha value is -3.66. The maximum absolute atomic E-state index is 13.2. The molecule has 2 N–H and O–H groups in total. The number of anilines is 2. The van der Waals surface area contributed by atoms with Gasteiger partial charge in [0.25, 0.3) is 5.91 Å². The van der Waals surface area contributed by atoms with Crippen LogP contribution in [0, 0.1) is 11.8 Å². The van der Waals surface area contributed by atoms with E-state index in [1.54, 1.807) is 37.2 Å². The summed E-state index contributed by atoms with van der Waals surface area (Å²) in [4.78, 5) is 48.4. The summed E-state index contributed by atoms with van der Waals surface area (Å²) in [7, 11) is 4.91. The Morgan fingerprint density at radius 3 is 2.40 bits per heavy atom. The van der Waals surface area contributed by atoms with Crippen molar-refractivity contribution in [1.82, 2.24) is 14.9 Å². The Morgan fingerprint density at radius 2 is 1.77 bits per heavy atom. The quantitative estimate of drug-likeness (QED) is 0.525. The molecule has 0 aromatic carbocycles. The Balaban J connectivity index is 1.59. The number of ether oxygens (including phenoxy) is 1. The fourth-order valence-electron chi connectivity index (χ4n) is 4.27. The van der Waals surface area contributed by atoms with E-state index in [-0.39, 0.29) is 46.8 Å². The summed E-state index contributed by atoms with van der Waals surface area (Å²) in [6.45, 7) is 0. The van der Waals surface area contributed by atoms with Gasteiger partial charge in [-0.15, -0.1) is 0 Å². The van der Waals surface area contributed by atoms with Gasteiger partial charge >= 0.3 is 0 Å². The highest BCUT2D eigenvalue weighted by atomic mass is 35.5. The third-order valence-electron chi connectivity index (χ3n) is 6.07. The van der Waals surface area contributed by atoms with E-state index in [0.29, 0.717) is 41.7 Å². The molecule has 3 aromatic heterocycles. The van der Waals surface area contributed by atoms with Crippen molar-refractivity contribution in [2.75, 3.05) is 31.8 Å². The molecule has 0 aliphatic heterocycles.